The maximum Gasteiger partial charge on any atom is 0.306 e. The topological polar surface area (TPSA) is 78.9 Å². The lowest BCUT2D eigenvalue weighted by atomic mass is 10.00. The van der Waals surface area contributed by atoms with Gasteiger partial charge < -0.3 is 14.2 Å². The second-order valence-corrected chi connectivity index (χ2v) is 13.6. The van der Waals surface area contributed by atoms with E-state index >= 15 is 0 Å². The van der Waals surface area contributed by atoms with Crippen LogP contribution in [-0.4, -0.2) is 37.2 Å². The Hall–Kier alpha value is -1.59. The van der Waals surface area contributed by atoms with E-state index in [1.807, 2.05) is 0 Å². The van der Waals surface area contributed by atoms with Crippen LogP contribution in [0.1, 0.15) is 195 Å². The predicted octanol–water partition coefficient (Wildman–Crippen LogP) is 11.1. The van der Waals surface area contributed by atoms with Crippen molar-refractivity contribution in [3.8, 4) is 0 Å². The van der Waals surface area contributed by atoms with E-state index in [0.717, 1.165) is 76.0 Å². The molecule has 0 fully saturated rings. The Kier molecular flexibility index (Phi) is 30.3. The quantitative estimate of drug-likeness (QED) is 0.0421. The van der Waals surface area contributed by atoms with E-state index in [1.54, 1.807) is 0 Å². The number of hydrogen-bond acceptors (Lipinski definition) is 6. The van der Waals surface area contributed by atoms with Crippen LogP contribution in [0.3, 0.4) is 0 Å². The smallest absolute Gasteiger partial charge is 0.306 e. The monoisotopic (exact) mass is 625 g/mol. The highest BCUT2D eigenvalue weighted by Crippen LogP contribution is 2.16. The van der Waals surface area contributed by atoms with Gasteiger partial charge in [0, 0.05) is 19.3 Å². The van der Waals surface area contributed by atoms with Crippen molar-refractivity contribution in [2.75, 3.05) is 13.2 Å². The second kappa shape index (κ2) is 31.4. The summed E-state index contributed by atoms with van der Waals surface area (Å²) in [5.74, 6) is 0.720. The third-order valence-electron chi connectivity index (χ3n) is 8.58. The van der Waals surface area contributed by atoms with Gasteiger partial charge in [0.05, 0.1) is 0 Å². The molecule has 0 radical (unpaired) electrons. The van der Waals surface area contributed by atoms with Crippen LogP contribution in [0.5, 0.6) is 0 Å². The molecule has 44 heavy (non-hydrogen) atoms. The molecule has 0 heterocycles. The SMILES string of the molecule is CCCCCCCC(=O)OC[C@H](COC(=O)CCCCCCCCCCC(C)C)OC(=O)CCCCCCCCC(C)CC. The fraction of sp³-hybridized carbons (Fsp3) is 0.921. The first-order chi connectivity index (χ1) is 21.3. The minimum atomic E-state index is -0.758. The average Bonchev–Trinajstić information content (AvgIpc) is 3.00. The van der Waals surface area contributed by atoms with E-state index in [4.69, 9.17) is 14.2 Å². The van der Waals surface area contributed by atoms with Crippen molar-refractivity contribution in [2.24, 2.45) is 11.8 Å². The lowest BCUT2D eigenvalue weighted by molar-refractivity contribution is -0.167. The zero-order valence-corrected chi connectivity index (χ0v) is 29.8. The maximum atomic E-state index is 12.5. The van der Waals surface area contributed by atoms with Crippen LogP contribution in [0.25, 0.3) is 0 Å². The Morgan fingerprint density at radius 3 is 1.30 bits per heavy atom. The van der Waals surface area contributed by atoms with Crippen LogP contribution in [0.15, 0.2) is 0 Å². The number of ether oxygens (including phenoxy) is 3. The molecule has 0 saturated heterocycles. The third-order valence-corrected chi connectivity index (χ3v) is 8.58. The van der Waals surface area contributed by atoms with Crippen molar-refractivity contribution < 1.29 is 28.6 Å². The summed E-state index contributed by atoms with van der Waals surface area (Å²) in [7, 11) is 0. The Morgan fingerprint density at radius 2 is 0.864 bits per heavy atom. The Balaban J connectivity index is 4.31. The highest BCUT2D eigenvalue weighted by atomic mass is 16.6. The van der Waals surface area contributed by atoms with Gasteiger partial charge in [0.15, 0.2) is 6.10 Å². The molecular weight excluding hydrogens is 552 g/mol. The summed E-state index contributed by atoms with van der Waals surface area (Å²) in [4.78, 5) is 37.1. The van der Waals surface area contributed by atoms with Crippen molar-refractivity contribution in [1.82, 2.24) is 0 Å². The van der Waals surface area contributed by atoms with Crippen LogP contribution in [-0.2, 0) is 28.6 Å². The molecule has 0 spiro atoms. The average molecular weight is 625 g/mol. The largest absolute Gasteiger partial charge is 0.462 e. The predicted molar refractivity (Wildman–Crippen MR) is 183 cm³/mol. The van der Waals surface area contributed by atoms with Crippen LogP contribution in [0.4, 0.5) is 0 Å². The molecule has 1 unspecified atom stereocenters. The molecule has 0 bridgehead atoms. The van der Waals surface area contributed by atoms with Gasteiger partial charge in [-0.2, -0.15) is 0 Å². The summed E-state index contributed by atoms with van der Waals surface area (Å²) in [5.41, 5.74) is 0. The zero-order valence-electron chi connectivity index (χ0n) is 29.8. The molecule has 0 aromatic rings. The Morgan fingerprint density at radius 1 is 0.477 bits per heavy atom. The molecule has 0 aromatic heterocycles. The van der Waals surface area contributed by atoms with E-state index < -0.39 is 6.10 Å². The first-order valence-electron chi connectivity index (χ1n) is 18.8. The van der Waals surface area contributed by atoms with Gasteiger partial charge in [0.1, 0.15) is 13.2 Å². The number of carbonyl (C=O) groups is 3. The highest BCUT2D eigenvalue weighted by molar-refractivity contribution is 5.71. The lowest BCUT2D eigenvalue weighted by Gasteiger charge is -2.18. The van der Waals surface area contributed by atoms with Gasteiger partial charge in [-0.15, -0.1) is 0 Å². The van der Waals surface area contributed by atoms with Gasteiger partial charge in [-0.1, -0.05) is 157 Å². The van der Waals surface area contributed by atoms with Gasteiger partial charge in [0.2, 0.25) is 0 Å². The summed E-state index contributed by atoms with van der Waals surface area (Å²) in [5, 5.41) is 0. The first-order valence-corrected chi connectivity index (χ1v) is 18.8. The summed E-state index contributed by atoms with van der Waals surface area (Å²) in [6.45, 7) is 11.1. The first kappa shape index (κ1) is 42.4. The normalized spacial score (nSPS) is 12.7. The van der Waals surface area contributed by atoms with Crippen molar-refractivity contribution in [3.05, 3.63) is 0 Å². The lowest BCUT2D eigenvalue weighted by Crippen LogP contribution is -2.30. The van der Waals surface area contributed by atoms with E-state index in [2.05, 4.69) is 34.6 Å². The summed E-state index contributed by atoms with van der Waals surface area (Å²) < 4.78 is 16.5. The molecule has 0 aliphatic carbocycles. The fourth-order valence-corrected chi connectivity index (χ4v) is 5.31. The van der Waals surface area contributed by atoms with Crippen molar-refractivity contribution in [2.45, 2.75) is 201 Å². The summed E-state index contributed by atoms with van der Waals surface area (Å²) >= 11 is 0. The molecule has 0 aliphatic rings. The number of unbranched alkanes of at least 4 members (excludes halogenated alkanes) is 16. The summed E-state index contributed by atoms with van der Waals surface area (Å²) in [6.07, 6.45) is 25.5. The molecule has 0 N–H and O–H groups in total. The highest BCUT2D eigenvalue weighted by Gasteiger charge is 2.19. The van der Waals surface area contributed by atoms with Gasteiger partial charge in [0.25, 0.3) is 0 Å². The molecule has 0 saturated carbocycles. The van der Waals surface area contributed by atoms with Crippen LogP contribution in [0, 0.1) is 11.8 Å². The van der Waals surface area contributed by atoms with Crippen molar-refractivity contribution in [1.29, 1.82) is 0 Å². The van der Waals surface area contributed by atoms with Crippen molar-refractivity contribution in [3.63, 3.8) is 0 Å². The molecule has 0 aliphatic heterocycles. The minimum absolute atomic E-state index is 0.0685. The van der Waals surface area contributed by atoms with Crippen LogP contribution in [0.2, 0.25) is 0 Å². The van der Waals surface area contributed by atoms with E-state index in [0.29, 0.717) is 19.3 Å². The van der Waals surface area contributed by atoms with E-state index in [9.17, 15) is 14.4 Å². The van der Waals surface area contributed by atoms with E-state index in [-0.39, 0.29) is 31.1 Å². The van der Waals surface area contributed by atoms with Crippen LogP contribution >= 0.6 is 0 Å². The molecule has 6 nitrogen and oxygen atoms in total. The molecule has 0 rings (SSSR count). The second-order valence-electron chi connectivity index (χ2n) is 13.6. The number of carbonyl (C=O) groups excluding carboxylic acids is 3. The maximum absolute atomic E-state index is 12.5. The van der Waals surface area contributed by atoms with Gasteiger partial charge in [-0.25, -0.2) is 0 Å². The fourth-order valence-electron chi connectivity index (χ4n) is 5.31. The standard InChI is InChI=1S/C38H72O6/c1-6-8-9-16-23-28-36(39)42-31-35(44-38(41)30-25-20-15-14-18-22-27-34(5)7-2)32-43-37(40)29-24-19-13-11-10-12-17-21-26-33(3)4/h33-35H,6-32H2,1-5H3/t34?,35-/m1/s1. The number of esters is 3. The van der Waals surface area contributed by atoms with Crippen molar-refractivity contribution >= 4 is 17.9 Å². The Labute approximate surface area is 272 Å². The van der Waals surface area contributed by atoms with Crippen LogP contribution < -0.4 is 0 Å². The molecule has 2 atom stereocenters. The van der Waals surface area contributed by atoms with Gasteiger partial charge in [-0.05, 0) is 31.1 Å². The molecular formula is C38H72O6. The van der Waals surface area contributed by atoms with Gasteiger partial charge in [-0.3, -0.25) is 14.4 Å². The Bertz CT molecular complexity index is 676. The molecule has 260 valence electrons. The van der Waals surface area contributed by atoms with E-state index in [1.165, 1.54) is 77.0 Å². The third kappa shape index (κ3) is 30.4. The summed E-state index contributed by atoms with van der Waals surface area (Å²) in [6, 6.07) is 0. The van der Waals surface area contributed by atoms with Gasteiger partial charge >= 0.3 is 17.9 Å². The molecule has 0 aromatic carbocycles. The molecule has 6 heteroatoms. The number of rotatable bonds is 32. The number of hydrogen-bond donors (Lipinski definition) is 0. The minimum Gasteiger partial charge on any atom is -0.462 e. The molecule has 0 amide bonds. The zero-order chi connectivity index (χ0) is 32.7.